The van der Waals surface area contributed by atoms with E-state index in [0.29, 0.717) is 10.8 Å². The Kier molecular flexibility index (Phi) is 3.25. The van der Waals surface area contributed by atoms with Crippen LogP contribution in [0.3, 0.4) is 0 Å². The zero-order valence-corrected chi connectivity index (χ0v) is 8.35. The first kappa shape index (κ1) is 9.99. The molecule has 1 amide bonds. The summed E-state index contributed by atoms with van der Waals surface area (Å²) < 4.78 is 0. The molecular weight excluding hydrogens is 188 g/mol. The second kappa shape index (κ2) is 4.23. The van der Waals surface area contributed by atoms with Crippen LogP contribution in [0.2, 0.25) is 5.15 Å². The molecule has 0 unspecified atom stereocenters. The van der Waals surface area contributed by atoms with Crippen molar-refractivity contribution < 1.29 is 4.79 Å². The van der Waals surface area contributed by atoms with Gasteiger partial charge in [-0.15, -0.1) is 0 Å². The maximum Gasteiger partial charge on any atom is 0.221 e. The predicted octanol–water partition coefficient (Wildman–Crippen LogP) is 2.26. The molecule has 0 bridgehead atoms. The number of nitrogens with zero attached hydrogens (tertiary/aromatic N) is 1. The van der Waals surface area contributed by atoms with Crippen LogP contribution in [0, 0.1) is 0 Å². The van der Waals surface area contributed by atoms with Gasteiger partial charge in [0.25, 0.3) is 0 Å². The van der Waals surface area contributed by atoms with E-state index in [4.69, 9.17) is 11.6 Å². The van der Waals surface area contributed by atoms with Gasteiger partial charge in [0, 0.05) is 12.6 Å². The maximum absolute atomic E-state index is 10.7. The molecule has 1 aromatic rings. The fourth-order valence-corrected chi connectivity index (χ4v) is 1.17. The normalized spacial score (nSPS) is 9.77. The van der Waals surface area contributed by atoms with Gasteiger partial charge in [0.05, 0.1) is 5.69 Å². The Morgan fingerprint density at radius 1 is 1.62 bits per heavy atom. The molecule has 0 atom stereocenters. The van der Waals surface area contributed by atoms with Crippen molar-refractivity contribution >= 4 is 23.2 Å². The number of hydrogen-bond acceptors (Lipinski definition) is 2. The van der Waals surface area contributed by atoms with Gasteiger partial charge in [0.1, 0.15) is 0 Å². The minimum Gasteiger partial charge on any atom is -0.324 e. The molecular formula is C9H11ClN2O. The second-order valence-corrected chi connectivity index (χ2v) is 3.03. The lowest BCUT2D eigenvalue weighted by Gasteiger charge is -2.04. The Balaban J connectivity index is 2.91. The van der Waals surface area contributed by atoms with Gasteiger partial charge in [0.15, 0.2) is 5.15 Å². The number of carbonyl (C=O) groups is 1. The van der Waals surface area contributed by atoms with Gasteiger partial charge in [-0.3, -0.25) is 4.79 Å². The summed E-state index contributed by atoms with van der Waals surface area (Å²) >= 11 is 5.83. The predicted molar refractivity (Wildman–Crippen MR) is 52.9 cm³/mol. The molecule has 0 aliphatic rings. The Bertz CT molecular complexity index is 325. The summed E-state index contributed by atoms with van der Waals surface area (Å²) in [6.07, 6.45) is 0.833. The van der Waals surface area contributed by atoms with Gasteiger partial charge >= 0.3 is 0 Å². The number of hydrogen-bond donors (Lipinski definition) is 1. The van der Waals surface area contributed by atoms with Crippen LogP contribution in [0.25, 0.3) is 0 Å². The first-order chi connectivity index (χ1) is 6.13. The summed E-state index contributed by atoms with van der Waals surface area (Å²) in [6, 6.07) is 3.60. The highest BCUT2D eigenvalue weighted by Gasteiger charge is 2.03. The standard InChI is InChI=1S/C9H11ClN2O/c1-3-7-4-5-8(9(10)12-7)11-6(2)13/h4-5H,3H2,1-2H3,(H,11,13). The average molecular weight is 199 g/mol. The molecule has 1 rings (SSSR count). The molecule has 0 radical (unpaired) electrons. The minimum absolute atomic E-state index is 0.145. The Morgan fingerprint density at radius 3 is 2.77 bits per heavy atom. The summed E-state index contributed by atoms with van der Waals surface area (Å²) in [7, 11) is 0. The van der Waals surface area contributed by atoms with E-state index in [1.165, 1.54) is 6.92 Å². The van der Waals surface area contributed by atoms with Gasteiger partial charge < -0.3 is 5.32 Å². The number of nitrogens with one attached hydrogen (secondary N) is 1. The van der Waals surface area contributed by atoms with E-state index < -0.39 is 0 Å². The van der Waals surface area contributed by atoms with E-state index in [1.54, 1.807) is 6.07 Å². The summed E-state index contributed by atoms with van der Waals surface area (Å²) in [5, 5.41) is 2.93. The Labute approximate surface area is 82.1 Å². The number of anilines is 1. The van der Waals surface area contributed by atoms with Crippen molar-refractivity contribution in [3.63, 3.8) is 0 Å². The molecule has 0 aliphatic heterocycles. The summed E-state index contributed by atoms with van der Waals surface area (Å²) in [5.74, 6) is -0.145. The van der Waals surface area contributed by atoms with Gasteiger partial charge in [-0.25, -0.2) is 4.98 Å². The maximum atomic E-state index is 10.7. The molecule has 4 heteroatoms. The minimum atomic E-state index is -0.145. The molecule has 0 aliphatic carbocycles. The van der Waals surface area contributed by atoms with E-state index >= 15 is 0 Å². The number of aromatic nitrogens is 1. The van der Waals surface area contributed by atoms with Crippen LogP contribution in [-0.2, 0) is 11.2 Å². The van der Waals surface area contributed by atoms with Crippen molar-refractivity contribution in [3.05, 3.63) is 23.0 Å². The third kappa shape index (κ3) is 2.70. The highest BCUT2D eigenvalue weighted by molar-refractivity contribution is 6.32. The molecule has 0 spiro atoms. The van der Waals surface area contributed by atoms with Gasteiger partial charge in [0.2, 0.25) is 5.91 Å². The molecule has 0 fully saturated rings. The number of rotatable bonds is 2. The zero-order valence-electron chi connectivity index (χ0n) is 7.60. The number of halogens is 1. The molecule has 1 N–H and O–H groups in total. The third-order valence-corrected chi connectivity index (χ3v) is 1.87. The quantitative estimate of drug-likeness (QED) is 0.741. The van der Waals surface area contributed by atoms with Crippen molar-refractivity contribution in [1.82, 2.24) is 4.98 Å². The van der Waals surface area contributed by atoms with Gasteiger partial charge in [-0.2, -0.15) is 0 Å². The van der Waals surface area contributed by atoms with Crippen molar-refractivity contribution in [1.29, 1.82) is 0 Å². The first-order valence-electron chi connectivity index (χ1n) is 4.06. The second-order valence-electron chi connectivity index (χ2n) is 2.68. The Morgan fingerprint density at radius 2 is 2.31 bits per heavy atom. The number of pyridine rings is 1. The van der Waals surface area contributed by atoms with E-state index in [-0.39, 0.29) is 5.91 Å². The molecule has 0 saturated heterocycles. The van der Waals surface area contributed by atoms with Crippen LogP contribution in [0.5, 0.6) is 0 Å². The molecule has 1 heterocycles. The van der Waals surface area contributed by atoms with E-state index in [2.05, 4.69) is 10.3 Å². The van der Waals surface area contributed by atoms with E-state index in [0.717, 1.165) is 12.1 Å². The topological polar surface area (TPSA) is 42.0 Å². The van der Waals surface area contributed by atoms with Gasteiger partial charge in [-0.1, -0.05) is 18.5 Å². The Hall–Kier alpha value is -1.09. The van der Waals surface area contributed by atoms with Crippen molar-refractivity contribution in [2.45, 2.75) is 20.3 Å². The molecule has 1 aromatic heterocycles. The highest BCUT2D eigenvalue weighted by Crippen LogP contribution is 2.19. The SMILES string of the molecule is CCc1ccc(NC(C)=O)c(Cl)n1. The van der Waals surface area contributed by atoms with Crippen molar-refractivity contribution in [2.75, 3.05) is 5.32 Å². The monoisotopic (exact) mass is 198 g/mol. The van der Waals surface area contributed by atoms with Gasteiger partial charge in [-0.05, 0) is 18.6 Å². The number of carbonyl (C=O) groups excluding carboxylic acids is 1. The first-order valence-corrected chi connectivity index (χ1v) is 4.44. The lowest BCUT2D eigenvalue weighted by Crippen LogP contribution is -2.07. The third-order valence-electron chi connectivity index (χ3n) is 1.58. The number of aryl methyl sites for hydroxylation is 1. The fourth-order valence-electron chi connectivity index (χ4n) is 0.952. The van der Waals surface area contributed by atoms with Crippen LogP contribution < -0.4 is 5.32 Å². The molecule has 0 saturated carbocycles. The molecule has 70 valence electrons. The summed E-state index contributed by atoms with van der Waals surface area (Å²) in [6.45, 7) is 3.43. The summed E-state index contributed by atoms with van der Waals surface area (Å²) in [5.41, 5.74) is 1.48. The lowest BCUT2D eigenvalue weighted by atomic mass is 10.3. The molecule has 13 heavy (non-hydrogen) atoms. The smallest absolute Gasteiger partial charge is 0.221 e. The largest absolute Gasteiger partial charge is 0.324 e. The highest BCUT2D eigenvalue weighted by atomic mass is 35.5. The van der Waals surface area contributed by atoms with E-state index in [1.807, 2.05) is 13.0 Å². The fraction of sp³-hybridized carbons (Fsp3) is 0.333. The average Bonchev–Trinajstić information content (AvgIpc) is 2.08. The number of amides is 1. The molecule has 3 nitrogen and oxygen atoms in total. The van der Waals surface area contributed by atoms with Crippen molar-refractivity contribution in [2.24, 2.45) is 0 Å². The van der Waals surface area contributed by atoms with Crippen LogP contribution in [-0.4, -0.2) is 10.9 Å². The van der Waals surface area contributed by atoms with Crippen molar-refractivity contribution in [3.8, 4) is 0 Å². The van der Waals surface area contributed by atoms with Crippen LogP contribution in [0.4, 0.5) is 5.69 Å². The van der Waals surface area contributed by atoms with Crippen LogP contribution in [0.15, 0.2) is 12.1 Å². The summed E-state index contributed by atoms with van der Waals surface area (Å²) in [4.78, 5) is 14.8. The van der Waals surface area contributed by atoms with Crippen LogP contribution >= 0.6 is 11.6 Å². The zero-order chi connectivity index (χ0) is 9.84. The molecule has 0 aromatic carbocycles. The van der Waals surface area contributed by atoms with E-state index in [9.17, 15) is 4.79 Å². The lowest BCUT2D eigenvalue weighted by molar-refractivity contribution is -0.114. The van der Waals surface area contributed by atoms with Crippen LogP contribution in [0.1, 0.15) is 19.5 Å².